The van der Waals surface area contributed by atoms with E-state index in [9.17, 15) is 4.79 Å². The van der Waals surface area contributed by atoms with Crippen molar-refractivity contribution in [2.75, 3.05) is 50.6 Å². The molecule has 29 heavy (non-hydrogen) atoms. The fraction of sp³-hybridized carbons (Fsp3) is 0.304. The molecule has 4 rings (SSSR count). The Bertz CT molecular complexity index is 1040. The van der Waals surface area contributed by atoms with Crippen LogP contribution in [-0.2, 0) is 0 Å². The van der Waals surface area contributed by atoms with Gasteiger partial charge in [-0.25, -0.2) is 4.98 Å². The minimum atomic E-state index is -0.164. The molecule has 0 atom stereocenters. The Balaban J connectivity index is 1.57. The summed E-state index contributed by atoms with van der Waals surface area (Å²) in [6.07, 6.45) is 0. The Morgan fingerprint density at radius 3 is 2.62 bits per heavy atom. The lowest BCUT2D eigenvalue weighted by atomic mass is 10.1. The molecule has 0 saturated carbocycles. The minimum Gasteiger partial charge on any atom is -0.497 e. The number of fused-ring (bicyclic) bond motifs is 1. The number of likely N-dealkylation sites (N-methyl/N-ethyl adjacent to an activating group) is 1. The molecule has 1 aliphatic rings. The Morgan fingerprint density at radius 2 is 1.86 bits per heavy atom. The summed E-state index contributed by atoms with van der Waals surface area (Å²) >= 11 is 0. The van der Waals surface area contributed by atoms with E-state index >= 15 is 0 Å². The van der Waals surface area contributed by atoms with Crippen LogP contribution >= 0.6 is 0 Å². The van der Waals surface area contributed by atoms with Gasteiger partial charge in [0, 0.05) is 42.8 Å². The van der Waals surface area contributed by atoms with E-state index in [2.05, 4.69) is 35.2 Å². The second kappa shape index (κ2) is 8.09. The molecule has 0 spiro atoms. The molecule has 1 aliphatic heterocycles. The third-order valence-electron chi connectivity index (χ3n) is 5.42. The number of benzene rings is 2. The van der Waals surface area contributed by atoms with Crippen LogP contribution in [-0.4, -0.2) is 56.1 Å². The molecule has 150 valence electrons. The molecule has 0 bridgehead atoms. The number of pyridine rings is 1. The zero-order chi connectivity index (χ0) is 20.4. The first-order valence-corrected chi connectivity index (χ1v) is 9.84. The van der Waals surface area contributed by atoms with E-state index in [1.165, 1.54) is 0 Å². The maximum Gasteiger partial charge on any atom is 0.255 e. The summed E-state index contributed by atoms with van der Waals surface area (Å²) in [6.45, 7) is 6.17. The zero-order valence-electron chi connectivity index (χ0n) is 17.1. The molecule has 1 N–H and O–H groups in total. The molecule has 1 amide bonds. The van der Waals surface area contributed by atoms with E-state index in [-0.39, 0.29) is 5.91 Å². The summed E-state index contributed by atoms with van der Waals surface area (Å²) in [5.41, 5.74) is 3.41. The topological polar surface area (TPSA) is 57.7 Å². The molecule has 3 aromatic rings. The highest BCUT2D eigenvalue weighted by atomic mass is 16.5. The first-order valence-electron chi connectivity index (χ1n) is 9.84. The van der Waals surface area contributed by atoms with Crippen LogP contribution in [0.4, 0.5) is 11.5 Å². The number of aryl methyl sites for hydroxylation is 1. The van der Waals surface area contributed by atoms with Gasteiger partial charge in [0.1, 0.15) is 11.6 Å². The number of piperazine rings is 1. The zero-order valence-corrected chi connectivity index (χ0v) is 17.1. The average Bonchev–Trinajstić information content (AvgIpc) is 2.74. The van der Waals surface area contributed by atoms with Gasteiger partial charge in [-0.15, -0.1) is 0 Å². The lowest BCUT2D eigenvalue weighted by molar-refractivity contribution is 0.102. The van der Waals surface area contributed by atoms with Crippen molar-refractivity contribution >= 4 is 28.3 Å². The molecule has 1 aromatic heterocycles. The van der Waals surface area contributed by atoms with Crippen LogP contribution in [0.5, 0.6) is 5.75 Å². The average molecular weight is 390 g/mol. The largest absolute Gasteiger partial charge is 0.497 e. The van der Waals surface area contributed by atoms with Gasteiger partial charge in [-0.3, -0.25) is 4.79 Å². The van der Waals surface area contributed by atoms with E-state index in [1.54, 1.807) is 19.2 Å². The Labute approximate surface area is 171 Å². The van der Waals surface area contributed by atoms with E-state index in [0.717, 1.165) is 54.2 Å². The number of nitrogens with one attached hydrogen (secondary N) is 1. The van der Waals surface area contributed by atoms with Gasteiger partial charge in [-0.2, -0.15) is 0 Å². The number of amides is 1. The lowest BCUT2D eigenvalue weighted by Gasteiger charge is -2.33. The van der Waals surface area contributed by atoms with Crippen LogP contribution in [0.2, 0.25) is 0 Å². The number of rotatable bonds is 4. The predicted molar refractivity (Wildman–Crippen MR) is 117 cm³/mol. The van der Waals surface area contributed by atoms with Gasteiger partial charge in [-0.1, -0.05) is 6.07 Å². The third-order valence-corrected chi connectivity index (χ3v) is 5.42. The molecule has 6 heteroatoms. The van der Waals surface area contributed by atoms with Crippen LogP contribution in [0.3, 0.4) is 0 Å². The van der Waals surface area contributed by atoms with Crippen molar-refractivity contribution in [1.29, 1.82) is 0 Å². The number of aromatic nitrogens is 1. The predicted octanol–water partition coefficient (Wildman–Crippen LogP) is 3.56. The van der Waals surface area contributed by atoms with Gasteiger partial charge in [0.2, 0.25) is 0 Å². The van der Waals surface area contributed by atoms with Gasteiger partial charge < -0.3 is 19.9 Å². The van der Waals surface area contributed by atoms with E-state index in [1.807, 2.05) is 30.3 Å². The Hall–Kier alpha value is -3.12. The van der Waals surface area contributed by atoms with Crippen molar-refractivity contribution in [2.24, 2.45) is 0 Å². The van der Waals surface area contributed by atoms with E-state index in [4.69, 9.17) is 9.72 Å². The number of anilines is 2. The number of carbonyl (C=O) groups is 1. The molecule has 1 fully saturated rings. The SMILES string of the molecule is COc1cccc(C(=O)Nc2ccc3nc(N4CCN(C)CC4)cc(C)c3c2)c1. The van der Waals surface area contributed by atoms with Crippen molar-refractivity contribution in [3.05, 3.63) is 59.7 Å². The van der Waals surface area contributed by atoms with E-state index < -0.39 is 0 Å². The molecular weight excluding hydrogens is 364 g/mol. The molecule has 6 nitrogen and oxygen atoms in total. The van der Waals surface area contributed by atoms with Crippen molar-refractivity contribution in [2.45, 2.75) is 6.92 Å². The van der Waals surface area contributed by atoms with Crippen LogP contribution in [0, 0.1) is 6.92 Å². The van der Waals surface area contributed by atoms with Crippen molar-refractivity contribution in [3.63, 3.8) is 0 Å². The lowest BCUT2D eigenvalue weighted by Crippen LogP contribution is -2.44. The molecular formula is C23H26N4O2. The number of carbonyl (C=O) groups excluding carboxylic acids is 1. The van der Waals surface area contributed by atoms with Gasteiger partial charge in [0.25, 0.3) is 5.91 Å². The van der Waals surface area contributed by atoms with E-state index in [0.29, 0.717) is 11.3 Å². The van der Waals surface area contributed by atoms with Crippen molar-refractivity contribution < 1.29 is 9.53 Å². The van der Waals surface area contributed by atoms with Crippen LogP contribution in [0.1, 0.15) is 15.9 Å². The fourth-order valence-electron chi connectivity index (χ4n) is 3.62. The number of ether oxygens (including phenoxy) is 1. The third kappa shape index (κ3) is 4.17. The number of methoxy groups -OCH3 is 1. The summed E-state index contributed by atoms with van der Waals surface area (Å²) < 4.78 is 5.20. The number of hydrogen-bond donors (Lipinski definition) is 1. The Kier molecular flexibility index (Phi) is 5.36. The normalized spacial score (nSPS) is 14.8. The molecule has 1 saturated heterocycles. The quantitative estimate of drug-likeness (QED) is 0.738. The number of hydrogen-bond acceptors (Lipinski definition) is 5. The van der Waals surface area contributed by atoms with Gasteiger partial charge >= 0.3 is 0 Å². The second-order valence-electron chi connectivity index (χ2n) is 7.51. The summed E-state index contributed by atoms with van der Waals surface area (Å²) in [7, 11) is 3.74. The molecule has 0 aliphatic carbocycles. The van der Waals surface area contributed by atoms with Crippen LogP contribution in [0.15, 0.2) is 48.5 Å². The monoisotopic (exact) mass is 390 g/mol. The summed E-state index contributed by atoms with van der Waals surface area (Å²) in [5.74, 6) is 1.52. The number of nitrogens with zero attached hydrogens (tertiary/aromatic N) is 3. The van der Waals surface area contributed by atoms with Gasteiger partial charge in [0.15, 0.2) is 0 Å². The van der Waals surface area contributed by atoms with Crippen LogP contribution < -0.4 is 15.0 Å². The van der Waals surface area contributed by atoms with Crippen molar-refractivity contribution in [3.8, 4) is 5.75 Å². The van der Waals surface area contributed by atoms with Crippen molar-refractivity contribution in [1.82, 2.24) is 9.88 Å². The first-order chi connectivity index (χ1) is 14.0. The Morgan fingerprint density at radius 1 is 1.07 bits per heavy atom. The minimum absolute atomic E-state index is 0.164. The highest BCUT2D eigenvalue weighted by Gasteiger charge is 2.17. The summed E-state index contributed by atoms with van der Waals surface area (Å²) in [5, 5.41) is 4.02. The van der Waals surface area contributed by atoms with Crippen LogP contribution in [0.25, 0.3) is 10.9 Å². The highest BCUT2D eigenvalue weighted by Crippen LogP contribution is 2.26. The van der Waals surface area contributed by atoms with Gasteiger partial charge in [-0.05, 0) is 62.0 Å². The smallest absolute Gasteiger partial charge is 0.255 e. The molecule has 0 unspecified atom stereocenters. The first kappa shape index (κ1) is 19.2. The maximum atomic E-state index is 12.6. The second-order valence-corrected chi connectivity index (χ2v) is 7.51. The summed E-state index contributed by atoms with van der Waals surface area (Å²) in [6, 6.07) is 15.1. The maximum absolute atomic E-state index is 12.6. The standard InChI is InChI=1S/C23H26N4O2/c1-16-13-22(27-11-9-26(2)10-12-27)25-21-8-7-18(15-20(16)21)24-23(28)17-5-4-6-19(14-17)29-3/h4-8,13-15H,9-12H2,1-3H3,(H,24,28). The fourth-order valence-corrected chi connectivity index (χ4v) is 3.62. The van der Waals surface area contributed by atoms with Gasteiger partial charge in [0.05, 0.1) is 12.6 Å². The molecule has 0 radical (unpaired) electrons. The summed E-state index contributed by atoms with van der Waals surface area (Å²) in [4.78, 5) is 22.1. The molecule has 2 heterocycles. The molecule has 2 aromatic carbocycles. The highest BCUT2D eigenvalue weighted by molar-refractivity contribution is 6.05.